The average molecular weight is 889 g/mol. The van der Waals surface area contributed by atoms with E-state index in [1.54, 1.807) is 0 Å². The predicted molar refractivity (Wildman–Crippen MR) is 285 cm³/mol. The van der Waals surface area contributed by atoms with Gasteiger partial charge in [0.15, 0.2) is 0 Å². The van der Waals surface area contributed by atoms with Gasteiger partial charge in [-0.2, -0.15) is 0 Å². The van der Waals surface area contributed by atoms with Crippen molar-refractivity contribution < 1.29 is 0 Å². The average Bonchev–Trinajstić information content (AvgIpc) is 3.33. The predicted octanol–water partition coefficient (Wildman–Crippen LogP) is 17.7. The molecule has 6 heteroatoms. The summed E-state index contributed by atoms with van der Waals surface area (Å²) in [5.41, 5.74) is 19.1. The second-order valence-electron chi connectivity index (χ2n) is 20.0. The number of hydrogen-bond donors (Lipinski definition) is 0. The highest BCUT2D eigenvalue weighted by Crippen LogP contribution is 2.36. The van der Waals surface area contributed by atoms with Crippen molar-refractivity contribution in [2.75, 3.05) is 0 Å². The lowest BCUT2D eigenvalue weighted by Gasteiger charge is -2.15. The molecule has 0 spiro atoms. The van der Waals surface area contributed by atoms with Crippen LogP contribution in [0.5, 0.6) is 0 Å². The largest absolute Gasteiger partial charge is 0.242 e. The first-order chi connectivity index (χ1) is 32.5. The zero-order chi connectivity index (χ0) is 46.1. The monoisotopic (exact) mass is 889 g/mol. The highest BCUT2D eigenvalue weighted by atomic mass is 14.9. The van der Waals surface area contributed by atoms with Crippen molar-refractivity contribution in [2.24, 2.45) is 0 Å². The molecule has 0 saturated heterocycles. The van der Waals surface area contributed by atoms with Crippen molar-refractivity contribution in [1.82, 2.24) is 29.9 Å². The van der Waals surface area contributed by atoms with Crippen molar-refractivity contribution in [2.45, 2.75) is 234 Å². The van der Waals surface area contributed by atoms with Gasteiger partial charge in [-0.05, 0) is 147 Å². The molecule has 0 amide bonds. The molecule has 0 radical (unpaired) electrons. The third kappa shape index (κ3) is 12.6. The minimum Gasteiger partial charge on any atom is -0.242 e. The zero-order valence-corrected chi connectivity index (χ0v) is 42.4. The molecule has 0 N–H and O–H groups in total. The second-order valence-corrected chi connectivity index (χ2v) is 20.0. The van der Waals surface area contributed by atoms with Gasteiger partial charge in [-0.25, -0.2) is 29.9 Å². The van der Waals surface area contributed by atoms with Gasteiger partial charge in [-0.15, -0.1) is 0 Å². The molecule has 66 heavy (non-hydrogen) atoms. The topological polar surface area (TPSA) is 77.3 Å². The molecule has 0 aliphatic rings. The third-order valence-electron chi connectivity index (χ3n) is 14.4. The summed E-state index contributed by atoms with van der Waals surface area (Å²) in [5.74, 6) is 0. The van der Waals surface area contributed by atoms with Crippen LogP contribution in [0.15, 0.2) is 36.4 Å². The number of unbranched alkanes of at least 4 members (excludes halogenated alkanes) is 18. The number of aryl methyl sites for hydroxylation is 6. The van der Waals surface area contributed by atoms with E-state index in [9.17, 15) is 0 Å². The molecule has 0 bridgehead atoms. The number of aromatic nitrogens is 6. The smallest absolute Gasteiger partial charge is 0.120 e. The molecule has 0 aliphatic carbocycles. The molecule has 6 nitrogen and oxygen atoms in total. The first kappa shape index (κ1) is 49.6. The lowest BCUT2D eigenvalue weighted by molar-refractivity contribution is 0.651. The van der Waals surface area contributed by atoms with Crippen molar-refractivity contribution in [1.29, 1.82) is 0 Å². The lowest BCUT2D eigenvalue weighted by atomic mass is 9.95. The Hall–Kier alpha value is -4.32. The molecule has 3 heterocycles. The van der Waals surface area contributed by atoms with Crippen LogP contribution in [0.3, 0.4) is 0 Å². The van der Waals surface area contributed by atoms with Gasteiger partial charge in [0.05, 0.1) is 33.1 Å². The Labute approximate surface area is 398 Å². The molecule has 7 aromatic rings. The van der Waals surface area contributed by atoms with E-state index >= 15 is 0 Å². The van der Waals surface area contributed by atoms with E-state index in [0.29, 0.717) is 0 Å². The fourth-order valence-electron chi connectivity index (χ4n) is 10.4. The Morgan fingerprint density at radius 3 is 0.500 bits per heavy atom. The molecule has 4 aromatic carbocycles. The Morgan fingerprint density at radius 1 is 0.212 bits per heavy atom. The summed E-state index contributed by atoms with van der Waals surface area (Å²) in [6, 6.07) is 14.2. The molecule has 0 fully saturated rings. The Kier molecular flexibility index (Phi) is 19.3. The summed E-state index contributed by atoms with van der Waals surface area (Å²) in [6.07, 6.45) is 36.5. The van der Waals surface area contributed by atoms with E-state index in [4.69, 9.17) is 29.9 Å². The van der Waals surface area contributed by atoms with Crippen LogP contribution >= 0.6 is 0 Å². The van der Waals surface area contributed by atoms with Crippen LogP contribution in [0.1, 0.15) is 229 Å². The zero-order valence-electron chi connectivity index (χ0n) is 42.4. The van der Waals surface area contributed by atoms with Gasteiger partial charge in [0.25, 0.3) is 0 Å². The van der Waals surface area contributed by atoms with E-state index in [1.807, 2.05) is 0 Å². The summed E-state index contributed by atoms with van der Waals surface area (Å²) in [5, 5.41) is 0. The van der Waals surface area contributed by atoms with Crippen LogP contribution in [0.25, 0.3) is 66.2 Å². The summed E-state index contributed by atoms with van der Waals surface area (Å²) in [4.78, 5) is 33.4. The minimum absolute atomic E-state index is 0.793. The van der Waals surface area contributed by atoms with E-state index in [1.165, 1.54) is 187 Å². The van der Waals surface area contributed by atoms with Crippen LogP contribution in [0.2, 0.25) is 0 Å². The standard InChI is InChI=1S/C60H84N6/c1-7-13-19-25-31-43-37-49-50(38-44(43)32-26-20-14-8-2)62-56-55(61-49)57-59(65-52-40-46(34-28-22-16-10-4)45(39-51(52)63-57)33-27-21-15-9-3)60-58(56)64-53-41-47(35-29-23-17-11-5)48(42-54(53)66-60)36-30-24-18-12-6/h37-42H,7-36H2,1-6H3. The third-order valence-corrected chi connectivity index (χ3v) is 14.4. The quantitative estimate of drug-likeness (QED) is 0.0254. The van der Waals surface area contributed by atoms with Gasteiger partial charge in [0.2, 0.25) is 0 Å². The first-order valence-corrected chi connectivity index (χ1v) is 27.5. The van der Waals surface area contributed by atoms with Crippen LogP contribution < -0.4 is 0 Å². The van der Waals surface area contributed by atoms with Crippen molar-refractivity contribution in [3.63, 3.8) is 0 Å². The normalized spacial score (nSPS) is 12.1. The summed E-state index contributed by atoms with van der Waals surface area (Å²) < 4.78 is 0. The molecule has 0 unspecified atom stereocenters. The van der Waals surface area contributed by atoms with E-state index in [-0.39, 0.29) is 0 Å². The SMILES string of the molecule is CCCCCCc1cc2nc3c4nc5cc(CCCCCC)c(CCCCCC)cc5nc4c4nc5cc(CCCCCC)c(CCCCCC)cc5nc4c3nc2cc1CCCCCC. The minimum atomic E-state index is 0.793. The van der Waals surface area contributed by atoms with Gasteiger partial charge >= 0.3 is 0 Å². The Balaban J connectivity index is 1.47. The summed E-state index contributed by atoms with van der Waals surface area (Å²) in [6.45, 7) is 13.8. The fourth-order valence-corrected chi connectivity index (χ4v) is 10.4. The highest BCUT2D eigenvalue weighted by molar-refractivity contribution is 6.21. The van der Waals surface area contributed by atoms with Crippen LogP contribution in [-0.4, -0.2) is 29.9 Å². The molecule has 7 rings (SSSR count). The van der Waals surface area contributed by atoms with Crippen LogP contribution in [0, 0.1) is 0 Å². The molecule has 0 atom stereocenters. The Bertz CT molecular complexity index is 2150. The maximum atomic E-state index is 5.57. The van der Waals surface area contributed by atoms with Crippen LogP contribution in [0.4, 0.5) is 0 Å². The van der Waals surface area contributed by atoms with Gasteiger partial charge < -0.3 is 0 Å². The number of benzene rings is 4. The highest BCUT2D eigenvalue weighted by Gasteiger charge is 2.21. The molecule has 354 valence electrons. The van der Waals surface area contributed by atoms with Crippen molar-refractivity contribution in [3.05, 3.63) is 69.8 Å². The maximum Gasteiger partial charge on any atom is 0.120 e. The lowest BCUT2D eigenvalue weighted by Crippen LogP contribution is -2.03. The molecule has 3 aromatic heterocycles. The van der Waals surface area contributed by atoms with Crippen molar-refractivity contribution in [3.8, 4) is 0 Å². The second kappa shape index (κ2) is 25.7. The van der Waals surface area contributed by atoms with Gasteiger partial charge in [-0.1, -0.05) is 157 Å². The van der Waals surface area contributed by atoms with Gasteiger partial charge in [-0.3, -0.25) is 0 Å². The molecule has 0 aliphatic heterocycles. The van der Waals surface area contributed by atoms with Gasteiger partial charge in [0, 0.05) is 0 Å². The molecular weight excluding hydrogens is 805 g/mol. The van der Waals surface area contributed by atoms with E-state index in [0.717, 1.165) is 105 Å². The fraction of sp³-hybridized carbons (Fsp3) is 0.600. The maximum absolute atomic E-state index is 5.57. The van der Waals surface area contributed by atoms with Gasteiger partial charge in [0.1, 0.15) is 33.1 Å². The first-order valence-electron chi connectivity index (χ1n) is 27.5. The van der Waals surface area contributed by atoms with Crippen molar-refractivity contribution >= 4 is 66.2 Å². The van der Waals surface area contributed by atoms with E-state index in [2.05, 4.69) is 77.9 Å². The van der Waals surface area contributed by atoms with Crippen LogP contribution in [-0.2, 0) is 38.5 Å². The van der Waals surface area contributed by atoms with E-state index < -0.39 is 0 Å². The number of rotatable bonds is 30. The molecule has 0 saturated carbocycles. The number of fused-ring (bicyclic) bond motifs is 9. The summed E-state index contributed by atoms with van der Waals surface area (Å²) in [7, 11) is 0. The molecular formula is C60H84N6. The number of nitrogens with zero attached hydrogens (tertiary/aromatic N) is 6. The number of hydrogen-bond acceptors (Lipinski definition) is 6. The summed E-state index contributed by atoms with van der Waals surface area (Å²) >= 11 is 0. The Morgan fingerprint density at radius 2 is 0.364 bits per heavy atom.